The van der Waals surface area contributed by atoms with Gasteiger partial charge in [0.05, 0.1) is 5.39 Å². The van der Waals surface area contributed by atoms with Crippen LogP contribution in [0.15, 0.2) is 23.1 Å². The van der Waals surface area contributed by atoms with E-state index in [1.807, 2.05) is 20.8 Å². The molecule has 0 unspecified atom stereocenters. The maximum Gasteiger partial charge on any atom is 0.341 e. The van der Waals surface area contributed by atoms with E-state index in [0.717, 1.165) is 6.07 Å². The summed E-state index contributed by atoms with van der Waals surface area (Å²) in [6, 6.07) is 2.54. The summed E-state index contributed by atoms with van der Waals surface area (Å²) in [5.74, 6) is -2.95. The summed E-state index contributed by atoms with van der Waals surface area (Å²) in [4.78, 5) is 30.3. The molecule has 0 amide bonds. The van der Waals surface area contributed by atoms with Crippen LogP contribution >= 0.6 is 0 Å². The van der Waals surface area contributed by atoms with Crippen LogP contribution in [0.4, 0.5) is 14.5 Å². The fraction of sp³-hybridized carbons (Fsp3) is 0.409. The van der Waals surface area contributed by atoms with Gasteiger partial charge in [0.15, 0.2) is 5.82 Å². The summed E-state index contributed by atoms with van der Waals surface area (Å²) >= 11 is 0. The molecule has 3 aromatic rings. The first-order valence-corrected chi connectivity index (χ1v) is 10.3. The number of fused-ring (bicyclic) bond motifs is 2. The number of hydrogen-bond donors (Lipinski definition) is 3. The number of halogens is 2. The molecule has 170 valence electrons. The third-order valence-corrected chi connectivity index (χ3v) is 5.66. The van der Waals surface area contributed by atoms with Gasteiger partial charge in [-0.2, -0.15) is 0 Å². The molecule has 0 atom stereocenters. The molecule has 1 fully saturated rings. The molecule has 4 N–H and O–H groups in total. The molecule has 3 heterocycles. The maximum absolute atomic E-state index is 15.5. The number of carbonyl (C=O) groups is 1. The predicted molar refractivity (Wildman–Crippen MR) is 118 cm³/mol. The van der Waals surface area contributed by atoms with E-state index in [2.05, 4.69) is 10.3 Å². The van der Waals surface area contributed by atoms with Gasteiger partial charge in [0, 0.05) is 49.3 Å². The van der Waals surface area contributed by atoms with Crippen LogP contribution in [-0.4, -0.2) is 52.8 Å². The Morgan fingerprint density at radius 3 is 2.59 bits per heavy atom. The molecule has 0 bridgehead atoms. The highest BCUT2D eigenvalue weighted by atomic mass is 19.1. The number of hydrogen-bond acceptors (Lipinski definition) is 6. The van der Waals surface area contributed by atoms with E-state index in [1.54, 1.807) is 4.90 Å². The van der Waals surface area contributed by atoms with Crippen LogP contribution in [0.3, 0.4) is 0 Å². The molecule has 1 saturated heterocycles. The number of aromatic nitrogens is 2. The SMILES string of the molecule is CC(C)(C)n1cc(C(=O)O)c(=O)c2cc3cc(F)c(N4CC(NCCN)C4)c(F)c3nc21. The third-order valence-electron chi connectivity index (χ3n) is 5.66. The van der Waals surface area contributed by atoms with Crippen LogP contribution in [-0.2, 0) is 5.54 Å². The Kier molecular flexibility index (Phi) is 5.38. The van der Waals surface area contributed by atoms with Crippen molar-refractivity contribution in [1.82, 2.24) is 14.9 Å². The lowest BCUT2D eigenvalue weighted by Crippen LogP contribution is -2.59. The Hall–Kier alpha value is -3.11. The molecule has 1 aliphatic rings. The third kappa shape index (κ3) is 3.59. The van der Waals surface area contributed by atoms with Gasteiger partial charge in [-0.15, -0.1) is 0 Å². The second-order valence-corrected chi connectivity index (χ2v) is 9.01. The van der Waals surface area contributed by atoms with Crippen molar-refractivity contribution < 1.29 is 18.7 Å². The number of carboxylic acids is 1. The average Bonchev–Trinajstić information content (AvgIpc) is 2.67. The zero-order valence-corrected chi connectivity index (χ0v) is 18.1. The molecular formula is C22H25F2N5O3. The van der Waals surface area contributed by atoms with Crippen molar-refractivity contribution in [1.29, 1.82) is 0 Å². The summed E-state index contributed by atoms with van der Waals surface area (Å²) in [5, 5.41) is 12.7. The fourth-order valence-electron chi connectivity index (χ4n) is 4.00. The van der Waals surface area contributed by atoms with Crippen molar-refractivity contribution >= 4 is 33.6 Å². The van der Waals surface area contributed by atoms with Gasteiger partial charge in [-0.25, -0.2) is 18.6 Å². The topological polar surface area (TPSA) is 113 Å². The molecule has 1 aliphatic heterocycles. The monoisotopic (exact) mass is 445 g/mol. The van der Waals surface area contributed by atoms with Gasteiger partial charge in [0.1, 0.15) is 28.2 Å². The number of benzene rings is 1. The van der Waals surface area contributed by atoms with Gasteiger partial charge in [0.25, 0.3) is 0 Å². The van der Waals surface area contributed by atoms with Crippen LogP contribution in [0, 0.1) is 11.6 Å². The molecule has 0 saturated carbocycles. The normalized spacial score (nSPS) is 14.9. The highest BCUT2D eigenvalue weighted by Crippen LogP contribution is 2.34. The summed E-state index contributed by atoms with van der Waals surface area (Å²) in [7, 11) is 0. The Bertz CT molecular complexity index is 1290. The number of nitrogens with one attached hydrogen (secondary N) is 1. The lowest BCUT2D eigenvalue weighted by atomic mass is 10.0. The average molecular weight is 445 g/mol. The summed E-state index contributed by atoms with van der Waals surface area (Å²) in [6.45, 7) is 7.41. The van der Waals surface area contributed by atoms with Crippen molar-refractivity contribution in [3.63, 3.8) is 0 Å². The van der Waals surface area contributed by atoms with Crippen molar-refractivity contribution in [2.75, 3.05) is 31.1 Å². The molecule has 2 aromatic heterocycles. The van der Waals surface area contributed by atoms with Crippen LogP contribution in [0.25, 0.3) is 21.9 Å². The predicted octanol–water partition coefficient (Wildman–Crippen LogP) is 2.02. The summed E-state index contributed by atoms with van der Waals surface area (Å²) in [6.07, 6.45) is 1.22. The molecule has 0 spiro atoms. The molecular weight excluding hydrogens is 420 g/mol. The molecule has 0 aliphatic carbocycles. The summed E-state index contributed by atoms with van der Waals surface area (Å²) in [5.41, 5.74) is 3.56. The number of pyridine rings is 2. The van der Waals surface area contributed by atoms with Crippen LogP contribution in [0.1, 0.15) is 31.1 Å². The van der Waals surface area contributed by atoms with Crippen molar-refractivity contribution in [3.05, 3.63) is 45.8 Å². The first-order valence-electron chi connectivity index (χ1n) is 10.3. The fourth-order valence-corrected chi connectivity index (χ4v) is 4.00. The number of nitrogens with two attached hydrogens (primary N) is 1. The number of nitrogens with zero attached hydrogens (tertiary/aromatic N) is 3. The minimum atomic E-state index is -1.38. The Morgan fingerprint density at radius 1 is 1.31 bits per heavy atom. The van der Waals surface area contributed by atoms with Crippen molar-refractivity contribution in [2.45, 2.75) is 32.4 Å². The molecule has 4 rings (SSSR count). The molecule has 1 aromatic carbocycles. The van der Waals surface area contributed by atoms with E-state index in [0.29, 0.717) is 26.2 Å². The lowest BCUT2D eigenvalue weighted by Gasteiger charge is -2.41. The van der Waals surface area contributed by atoms with E-state index in [1.165, 1.54) is 16.8 Å². The molecule has 10 heteroatoms. The molecule has 32 heavy (non-hydrogen) atoms. The van der Waals surface area contributed by atoms with E-state index in [9.17, 15) is 19.1 Å². The van der Waals surface area contributed by atoms with Gasteiger partial charge in [-0.05, 0) is 32.9 Å². The van der Waals surface area contributed by atoms with Crippen LogP contribution < -0.4 is 21.4 Å². The van der Waals surface area contributed by atoms with Gasteiger partial charge in [0.2, 0.25) is 5.43 Å². The van der Waals surface area contributed by atoms with E-state index >= 15 is 4.39 Å². The number of anilines is 1. The standard InChI is InChI=1S/C22H25F2N5O3/c1-22(2,3)29-10-14(21(31)32)19(30)13-6-11-7-15(23)18(16(24)17(11)27-20(13)29)28-8-12(9-28)26-5-4-25/h6-7,10,12,26H,4-5,8-9,25H2,1-3H3,(H,31,32). The zero-order chi connectivity index (χ0) is 23.4. The van der Waals surface area contributed by atoms with E-state index in [-0.39, 0.29) is 33.7 Å². The zero-order valence-electron chi connectivity index (χ0n) is 18.1. The smallest absolute Gasteiger partial charge is 0.341 e. The highest BCUT2D eigenvalue weighted by Gasteiger charge is 2.32. The minimum Gasteiger partial charge on any atom is -0.477 e. The van der Waals surface area contributed by atoms with Gasteiger partial charge in [-0.3, -0.25) is 4.79 Å². The Morgan fingerprint density at radius 2 is 2.00 bits per heavy atom. The van der Waals surface area contributed by atoms with E-state index < -0.39 is 34.1 Å². The number of aromatic carboxylic acids is 1. The second-order valence-electron chi connectivity index (χ2n) is 9.01. The molecule has 8 nitrogen and oxygen atoms in total. The Labute approximate surface area is 182 Å². The van der Waals surface area contributed by atoms with E-state index in [4.69, 9.17) is 5.73 Å². The maximum atomic E-state index is 15.5. The quantitative estimate of drug-likeness (QED) is 0.515. The van der Waals surface area contributed by atoms with Gasteiger partial charge < -0.3 is 25.6 Å². The van der Waals surface area contributed by atoms with Crippen LogP contribution in [0.5, 0.6) is 0 Å². The largest absolute Gasteiger partial charge is 0.477 e. The number of rotatable bonds is 5. The molecule has 0 radical (unpaired) electrons. The lowest BCUT2D eigenvalue weighted by molar-refractivity contribution is 0.0694. The Balaban J connectivity index is 1.92. The summed E-state index contributed by atoms with van der Waals surface area (Å²) < 4.78 is 31.9. The van der Waals surface area contributed by atoms with Gasteiger partial charge in [-0.1, -0.05) is 0 Å². The first kappa shape index (κ1) is 22.1. The minimum absolute atomic E-state index is 0.00567. The van der Waals surface area contributed by atoms with Crippen molar-refractivity contribution in [2.24, 2.45) is 5.73 Å². The number of carboxylic acid groups (broad SMARTS) is 1. The second kappa shape index (κ2) is 7.79. The van der Waals surface area contributed by atoms with Crippen LogP contribution in [0.2, 0.25) is 0 Å². The first-order chi connectivity index (χ1) is 15.0. The van der Waals surface area contributed by atoms with Crippen molar-refractivity contribution in [3.8, 4) is 0 Å². The van der Waals surface area contributed by atoms with Gasteiger partial charge >= 0.3 is 5.97 Å². The highest BCUT2D eigenvalue weighted by molar-refractivity contribution is 5.97.